The number of halogens is 1. The van der Waals surface area contributed by atoms with Crippen LogP contribution in [0.1, 0.15) is 0 Å². The first-order chi connectivity index (χ1) is 5.27. The maximum atomic E-state index is 5.51. The second kappa shape index (κ2) is 2.06. The summed E-state index contributed by atoms with van der Waals surface area (Å²) in [6.45, 7) is 0. The molecule has 0 aromatic carbocycles. The normalized spacial score (nSPS) is 13.7. The molecule has 0 spiro atoms. The van der Waals surface area contributed by atoms with Crippen molar-refractivity contribution in [2.45, 2.75) is 0 Å². The number of nitrogens with zero attached hydrogens (tertiary/aromatic N) is 4. The summed E-state index contributed by atoms with van der Waals surface area (Å²) in [5, 5.41) is 3.94. The molecule has 11 heavy (non-hydrogen) atoms. The molecule has 5 nitrogen and oxygen atoms in total. The number of hydrogen-bond donors (Lipinski definition) is 1. The Hall–Kier alpha value is -1.36. The van der Waals surface area contributed by atoms with E-state index in [0.717, 1.165) is 0 Å². The zero-order valence-electron chi connectivity index (χ0n) is 5.32. The van der Waals surface area contributed by atoms with Crippen molar-refractivity contribution >= 4 is 34.2 Å². The molecule has 0 fully saturated rings. The predicted molar refractivity (Wildman–Crippen MR) is 41.2 cm³/mol. The molecular weight excluding hydrogens is 166 g/mol. The third-order valence-corrected chi connectivity index (χ3v) is 1.40. The van der Waals surface area contributed by atoms with Crippen LogP contribution in [0.15, 0.2) is 11.3 Å². The van der Waals surface area contributed by atoms with Gasteiger partial charge in [0.1, 0.15) is 6.33 Å². The number of nitrogens with two attached hydrogens (primary N) is 1. The number of fused-ring (bicyclic) bond motifs is 1. The van der Waals surface area contributed by atoms with Gasteiger partial charge in [-0.05, 0) is 11.6 Å². The number of rotatable bonds is 0. The Bertz CT molecular complexity index is 334. The van der Waals surface area contributed by atoms with Crippen molar-refractivity contribution in [3.05, 3.63) is 6.33 Å². The van der Waals surface area contributed by atoms with Crippen molar-refractivity contribution in [2.75, 3.05) is 5.73 Å². The molecule has 1 radical (unpaired) electrons. The summed E-state index contributed by atoms with van der Waals surface area (Å²) in [5.41, 5.74) is 5.91. The predicted octanol–water partition coefficient (Wildman–Crippen LogP) is 0.535. The van der Waals surface area contributed by atoms with E-state index in [9.17, 15) is 0 Å². The summed E-state index contributed by atoms with van der Waals surface area (Å²) < 4.78 is 0. The number of nitrogen functional groups attached to an aromatic ring is 1. The van der Waals surface area contributed by atoms with Gasteiger partial charge in [-0.2, -0.15) is 5.32 Å². The highest BCUT2D eigenvalue weighted by Gasteiger charge is 2.17. The molecule has 55 valence electrons. The number of hydrogen-bond acceptors (Lipinski definition) is 4. The lowest BCUT2D eigenvalue weighted by Crippen LogP contribution is -1.98. The quantitative estimate of drug-likeness (QED) is 0.574. The lowest BCUT2D eigenvalue weighted by Gasteiger charge is -1.94. The van der Waals surface area contributed by atoms with E-state index >= 15 is 0 Å². The first kappa shape index (κ1) is 6.36. The monoisotopic (exact) mass is 168 g/mol. The average molecular weight is 169 g/mol. The Balaban J connectivity index is 2.61. The molecule has 0 saturated carbocycles. The minimum absolute atomic E-state index is 0.146. The third-order valence-electron chi connectivity index (χ3n) is 1.23. The molecule has 1 aliphatic heterocycles. The van der Waals surface area contributed by atoms with Gasteiger partial charge in [-0.1, -0.05) is 0 Å². The highest BCUT2D eigenvalue weighted by molar-refractivity contribution is 6.65. The largest absolute Gasteiger partial charge is 0.382 e. The lowest BCUT2D eigenvalue weighted by molar-refractivity contribution is 1.12. The highest BCUT2D eigenvalue weighted by atomic mass is 35.5. The van der Waals surface area contributed by atoms with Crippen LogP contribution in [0.4, 0.5) is 17.3 Å². The van der Waals surface area contributed by atoms with Crippen LogP contribution < -0.4 is 11.1 Å². The fourth-order valence-corrected chi connectivity index (χ4v) is 0.941. The van der Waals surface area contributed by atoms with Gasteiger partial charge in [0.05, 0.1) is 0 Å². The number of amidine groups is 1. The van der Waals surface area contributed by atoms with E-state index in [1.807, 2.05) is 0 Å². The summed E-state index contributed by atoms with van der Waals surface area (Å²) in [6, 6.07) is 0. The van der Waals surface area contributed by atoms with Gasteiger partial charge in [0.2, 0.25) is 5.29 Å². The molecule has 1 aromatic heterocycles. The van der Waals surface area contributed by atoms with Gasteiger partial charge in [0.25, 0.3) is 0 Å². The van der Waals surface area contributed by atoms with Crippen molar-refractivity contribution < 1.29 is 0 Å². The summed E-state index contributed by atoms with van der Waals surface area (Å²) in [4.78, 5) is 11.4. The molecule has 2 N–H and O–H groups in total. The molecule has 0 bridgehead atoms. The fraction of sp³-hybridized carbons (Fsp3) is 0. The molecule has 0 atom stereocenters. The Kier molecular flexibility index (Phi) is 1.19. The van der Waals surface area contributed by atoms with E-state index in [-0.39, 0.29) is 5.29 Å². The van der Waals surface area contributed by atoms with Gasteiger partial charge in [-0.15, -0.1) is 0 Å². The van der Waals surface area contributed by atoms with Gasteiger partial charge in [0, 0.05) is 0 Å². The third kappa shape index (κ3) is 0.894. The number of anilines is 1. The van der Waals surface area contributed by atoms with Crippen LogP contribution in [-0.2, 0) is 0 Å². The minimum Gasteiger partial charge on any atom is -0.382 e. The van der Waals surface area contributed by atoms with E-state index < -0.39 is 0 Å². The van der Waals surface area contributed by atoms with E-state index in [1.165, 1.54) is 6.33 Å². The minimum atomic E-state index is 0.146. The summed E-state index contributed by atoms with van der Waals surface area (Å²) in [6.07, 6.45) is 1.32. The SMILES string of the molecule is Nc1ncnc2c1N=C(Cl)[N]2. The lowest BCUT2D eigenvalue weighted by atomic mass is 10.4. The topological polar surface area (TPSA) is 78.3 Å². The van der Waals surface area contributed by atoms with Crippen molar-refractivity contribution in [2.24, 2.45) is 4.99 Å². The Morgan fingerprint density at radius 3 is 2.91 bits per heavy atom. The molecule has 1 aliphatic rings. The molecule has 2 rings (SSSR count). The van der Waals surface area contributed by atoms with Crippen molar-refractivity contribution in [1.82, 2.24) is 15.3 Å². The van der Waals surface area contributed by atoms with Gasteiger partial charge < -0.3 is 5.73 Å². The second-order valence-electron chi connectivity index (χ2n) is 1.92. The highest BCUT2D eigenvalue weighted by Crippen LogP contribution is 2.32. The Labute approximate surface area is 67.3 Å². The van der Waals surface area contributed by atoms with E-state index in [0.29, 0.717) is 17.3 Å². The van der Waals surface area contributed by atoms with Gasteiger partial charge >= 0.3 is 0 Å². The van der Waals surface area contributed by atoms with Crippen molar-refractivity contribution in [3.8, 4) is 0 Å². The van der Waals surface area contributed by atoms with Crippen LogP contribution >= 0.6 is 11.6 Å². The van der Waals surface area contributed by atoms with Crippen LogP contribution in [0, 0.1) is 0 Å². The van der Waals surface area contributed by atoms with Crippen LogP contribution in [0.2, 0.25) is 0 Å². The maximum Gasteiger partial charge on any atom is 0.225 e. The van der Waals surface area contributed by atoms with Gasteiger partial charge in [-0.3, -0.25) is 0 Å². The molecule has 2 heterocycles. The summed E-state index contributed by atoms with van der Waals surface area (Å²) >= 11 is 5.51. The molecule has 0 amide bonds. The zero-order chi connectivity index (χ0) is 7.84. The number of aliphatic imine (C=N–C) groups is 1. The molecule has 0 unspecified atom stereocenters. The molecule has 0 aliphatic carbocycles. The molecule has 0 saturated heterocycles. The number of aromatic nitrogens is 2. The molecule has 6 heteroatoms. The summed E-state index contributed by atoms with van der Waals surface area (Å²) in [7, 11) is 0. The van der Waals surface area contributed by atoms with Crippen LogP contribution in [0.25, 0.3) is 0 Å². The first-order valence-corrected chi connectivity index (χ1v) is 3.21. The Morgan fingerprint density at radius 1 is 1.36 bits per heavy atom. The fourth-order valence-electron chi connectivity index (χ4n) is 0.776. The van der Waals surface area contributed by atoms with E-state index in [1.54, 1.807) is 0 Å². The van der Waals surface area contributed by atoms with Gasteiger partial charge in [-0.25, -0.2) is 15.0 Å². The van der Waals surface area contributed by atoms with Crippen LogP contribution in [-0.4, -0.2) is 15.3 Å². The van der Waals surface area contributed by atoms with Gasteiger partial charge in [0.15, 0.2) is 17.3 Å². The van der Waals surface area contributed by atoms with E-state index in [2.05, 4.69) is 20.3 Å². The second-order valence-corrected chi connectivity index (χ2v) is 2.26. The van der Waals surface area contributed by atoms with Crippen molar-refractivity contribution in [3.63, 3.8) is 0 Å². The maximum absolute atomic E-state index is 5.51. The van der Waals surface area contributed by atoms with Crippen LogP contribution in [0.3, 0.4) is 0 Å². The molecule has 1 aromatic rings. The average Bonchev–Trinajstić information content (AvgIpc) is 2.31. The molecular formula is C5H3ClN5. The van der Waals surface area contributed by atoms with Crippen LogP contribution in [0.5, 0.6) is 0 Å². The smallest absolute Gasteiger partial charge is 0.225 e. The Morgan fingerprint density at radius 2 is 2.18 bits per heavy atom. The van der Waals surface area contributed by atoms with Crippen molar-refractivity contribution in [1.29, 1.82) is 0 Å². The zero-order valence-corrected chi connectivity index (χ0v) is 6.08. The standard InChI is InChI=1S/C5H3ClN5/c6-5-10-2-3(7)8-1-9-4(2)11-5/h1H,(H2,7,8,9). The van der Waals surface area contributed by atoms with E-state index in [4.69, 9.17) is 17.3 Å². The first-order valence-electron chi connectivity index (χ1n) is 2.84. The summed E-state index contributed by atoms with van der Waals surface area (Å²) in [5.74, 6) is 0.733.